The van der Waals surface area contributed by atoms with Crippen molar-refractivity contribution in [3.05, 3.63) is 59.7 Å². The lowest BCUT2D eigenvalue weighted by molar-refractivity contribution is 0.0161. The van der Waals surface area contributed by atoms with E-state index in [4.69, 9.17) is 4.74 Å². The van der Waals surface area contributed by atoms with Gasteiger partial charge in [0, 0.05) is 62.4 Å². The molecule has 0 aromatic carbocycles. The maximum Gasteiger partial charge on any atom is 0.253 e. The SMILES string of the molecule is Cc1ccnc2c1c(C(=O)NCC(c1cccnc1)N1CCOCC1)cn2C[C@@H]1CCCN1. The highest BCUT2D eigenvalue weighted by molar-refractivity contribution is 6.07. The second-order valence-electron chi connectivity index (χ2n) is 8.98. The quantitative estimate of drug-likeness (QED) is 0.577. The summed E-state index contributed by atoms with van der Waals surface area (Å²) in [6, 6.07) is 6.48. The molecule has 2 aliphatic heterocycles. The molecule has 8 heteroatoms. The lowest BCUT2D eigenvalue weighted by Gasteiger charge is -2.34. The molecular formula is C25H32N6O2. The highest BCUT2D eigenvalue weighted by atomic mass is 16.5. The Labute approximate surface area is 194 Å². The third-order valence-electron chi connectivity index (χ3n) is 6.80. The summed E-state index contributed by atoms with van der Waals surface area (Å²) in [5.74, 6) is -0.0589. The summed E-state index contributed by atoms with van der Waals surface area (Å²) in [7, 11) is 0. The summed E-state index contributed by atoms with van der Waals surface area (Å²) in [6.07, 6.45) is 9.83. The summed E-state index contributed by atoms with van der Waals surface area (Å²) < 4.78 is 7.68. The Kier molecular flexibility index (Phi) is 6.66. The highest BCUT2D eigenvalue weighted by Crippen LogP contribution is 2.25. The van der Waals surface area contributed by atoms with Crippen molar-refractivity contribution in [3.8, 4) is 0 Å². The van der Waals surface area contributed by atoms with Crippen LogP contribution in [-0.4, -0.2) is 70.8 Å². The number of morpholine rings is 1. The normalized spacial score (nSPS) is 20.2. The Morgan fingerprint density at radius 2 is 2.18 bits per heavy atom. The molecule has 0 spiro atoms. The fourth-order valence-electron chi connectivity index (χ4n) is 5.04. The van der Waals surface area contributed by atoms with Crippen LogP contribution in [-0.2, 0) is 11.3 Å². The van der Waals surface area contributed by atoms with Gasteiger partial charge in [-0.1, -0.05) is 6.07 Å². The number of nitrogens with one attached hydrogen (secondary N) is 2. The highest BCUT2D eigenvalue weighted by Gasteiger charge is 2.25. The van der Waals surface area contributed by atoms with Gasteiger partial charge in [-0.3, -0.25) is 14.7 Å². The zero-order valence-electron chi connectivity index (χ0n) is 19.2. The van der Waals surface area contributed by atoms with E-state index in [1.807, 2.05) is 37.6 Å². The molecule has 5 rings (SSSR count). The molecule has 0 saturated carbocycles. The van der Waals surface area contributed by atoms with Crippen molar-refractivity contribution in [2.24, 2.45) is 0 Å². The molecule has 1 amide bonds. The van der Waals surface area contributed by atoms with Crippen LogP contribution in [0.15, 0.2) is 43.0 Å². The monoisotopic (exact) mass is 448 g/mol. The molecular weight excluding hydrogens is 416 g/mol. The first-order chi connectivity index (χ1) is 16.2. The number of pyridine rings is 2. The minimum atomic E-state index is -0.0589. The van der Waals surface area contributed by atoms with E-state index >= 15 is 0 Å². The predicted octanol–water partition coefficient (Wildman–Crippen LogP) is 2.30. The van der Waals surface area contributed by atoms with Crippen LogP contribution in [0.2, 0.25) is 0 Å². The molecule has 0 bridgehead atoms. The lowest BCUT2D eigenvalue weighted by Crippen LogP contribution is -2.43. The van der Waals surface area contributed by atoms with Crippen LogP contribution in [0.5, 0.6) is 0 Å². The van der Waals surface area contributed by atoms with E-state index in [0.717, 1.165) is 54.8 Å². The van der Waals surface area contributed by atoms with E-state index in [-0.39, 0.29) is 11.9 Å². The van der Waals surface area contributed by atoms with Crippen molar-refractivity contribution < 1.29 is 9.53 Å². The molecule has 0 radical (unpaired) electrons. The van der Waals surface area contributed by atoms with Gasteiger partial charge in [-0.05, 0) is 49.6 Å². The average Bonchev–Trinajstić information content (AvgIpc) is 3.50. The van der Waals surface area contributed by atoms with Gasteiger partial charge in [0.15, 0.2) is 0 Å². The number of amides is 1. The molecule has 1 unspecified atom stereocenters. The molecule has 2 aliphatic rings. The Hall–Kier alpha value is -2.81. The molecule has 5 heterocycles. The van der Waals surface area contributed by atoms with Gasteiger partial charge < -0.3 is 19.9 Å². The van der Waals surface area contributed by atoms with Crippen LogP contribution in [0, 0.1) is 6.92 Å². The molecule has 0 aliphatic carbocycles. The van der Waals surface area contributed by atoms with Gasteiger partial charge in [-0.25, -0.2) is 4.98 Å². The van der Waals surface area contributed by atoms with E-state index < -0.39 is 0 Å². The Morgan fingerprint density at radius 3 is 2.94 bits per heavy atom. The first-order valence-corrected chi connectivity index (χ1v) is 11.9. The fraction of sp³-hybridized carbons (Fsp3) is 0.480. The standard InChI is InChI=1S/C25H32N6O2/c1-18-6-9-28-24-23(18)21(17-31(24)16-20-5-3-8-27-20)25(32)29-15-22(19-4-2-7-26-14-19)30-10-12-33-13-11-30/h2,4,6-7,9,14,17,20,22,27H,3,5,8,10-13,15-16H2,1H3,(H,29,32)/t20-,22?/m0/s1. The van der Waals surface area contributed by atoms with E-state index in [0.29, 0.717) is 31.4 Å². The van der Waals surface area contributed by atoms with Crippen LogP contribution in [0.25, 0.3) is 11.0 Å². The number of carbonyl (C=O) groups excluding carboxylic acids is 1. The minimum Gasteiger partial charge on any atom is -0.379 e. The largest absolute Gasteiger partial charge is 0.379 e. The van der Waals surface area contributed by atoms with Gasteiger partial charge in [-0.2, -0.15) is 0 Å². The van der Waals surface area contributed by atoms with Crippen LogP contribution in [0.3, 0.4) is 0 Å². The number of ether oxygens (including phenoxy) is 1. The summed E-state index contributed by atoms with van der Waals surface area (Å²) in [5.41, 5.74) is 3.75. The van der Waals surface area contributed by atoms with E-state index in [9.17, 15) is 4.79 Å². The first kappa shape index (κ1) is 22.0. The Morgan fingerprint density at radius 1 is 1.30 bits per heavy atom. The first-order valence-electron chi connectivity index (χ1n) is 11.9. The lowest BCUT2D eigenvalue weighted by atomic mass is 10.1. The Balaban J connectivity index is 1.38. The summed E-state index contributed by atoms with van der Waals surface area (Å²) in [6.45, 7) is 7.54. The van der Waals surface area contributed by atoms with Gasteiger partial charge >= 0.3 is 0 Å². The van der Waals surface area contributed by atoms with Crippen LogP contribution in [0.1, 0.15) is 40.4 Å². The zero-order chi connectivity index (χ0) is 22.6. The third-order valence-corrected chi connectivity index (χ3v) is 6.80. The van der Waals surface area contributed by atoms with Crippen molar-refractivity contribution in [1.29, 1.82) is 0 Å². The molecule has 2 N–H and O–H groups in total. The predicted molar refractivity (Wildman–Crippen MR) is 127 cm³/mol. The molecule has 2 atom stereocenters. The van der Waals surface area contributed by atoms with Crippen molar-refractivity contribution in [2.75, 3.05) is 39.4 Å². The molecule has 8 nitrogen and oxygen atoms in total. The second kappa shape index (κ2) is 9.99. The maximum absolute atomic E-state index is 13.5. The van der Waals surface area contributed by atoms with Crippen LogP contribution in [0.4, 0.5) is 0 Å². The average molecular weight is 449 g/mol. The number of carbonyl (C=O) groups is 1. The van der Waals surface area contributed by atoms with Crippen molar-refractivity contribution in [2.45, 2.75) is 38.4 Å². The number of hydrogen-bond acceptors (Lipinski definition) is 6. The molecule has 33 heavy (non-hydrogen) atoms. The number of nitrogens with zero attached hydrogens (tertiary/aromatic N) is 4. The molecule has 3 aromatic rings. The van der Waals surface area contributed by atoms with Crippen molar-refractivity contribution >= 4 is 16.9 Å². The van der Waals surface area contributed by atoms with Gasteiger partial charge in [0.25, 0.3) is 5.91 Å². The number of fused-ring (bicyclic) bond motifs is 1. The van der Waals surface area contributed by atoms with E-state index in [1.54, 1.807) is 6.20 Å². The van der Waals surface area contributed by atoms with Gasteiger partial charge in [-0.15, -0.1) is 0 Å². The number of aryl methyl sites for hydroxylation is 1. The van der Waals surface area contributed by atoms with Gasteiger partial charge in [0.1, 0.15) is 5.65 Å². The maximum atomic E-state index is 13.5. The molecule has 174 valence electrons. The van der Waals surface area contributed by atoms with Crippen molar-refractivity contribution in [1.82, 2.24) is 30.1 Å². The number of rotatable bonds is 7. The number of hydrogen-bond donors (Lipinski definition) is 2. The molecule has 2 saturated heterocycles. The molecule has 3 aromatic heterocycles. The van der Waals surface area contributed by atoms with Gasteiger partial charge in [0.05, 0.1) is 24.8 Å². The smallest absolute Gasteiger partial charge is 0.253 e. The second-order valence-corrected chi connectivity index (χ2v) is 8.98. The van der Waals surface area contributed by atoms with Crippen LogP contribution >= 0.6 is 0 Å². The third kappa shape index (κ3) is 4.78. The summed E-state index contributed by atoms with van der Waals surface area (Å²) in [4.78, 5) is 24.7. The molecule has 2 fully saturated rings. The van der Waals surface area contributed by atoms with E-state index in [1.165, 1.54) is 6.42 Å². The van der Waals surface area contributed by atoms with Crippen LogP contribution < -0.4 is 10.6 Å². The fourth-order valence-corrected chi connectivity index (χ4v) is 5.04. The summed E-state index contributed by atoms with van der Waals surface area (Å²) >= 11 is 0. The van der Waals surface area contributed by atoms with Gasteiger partial charge in [0.2, 0.25) is 0 Å². The van der Waals surface area contributed by atoms with Crippen molar-refractivity contribution in [3.63, 3.8) is 0 Å². The summed E-state index contributed by atoms with van der Waals surface area (Å²) in [5, 5.41) is 7.70. The Bertz CT molecular complexity index is 1090. The topological polar surface area (TPSA) is 84.3 Å². The number of aromatic nitrogens is 3. The minimum absolute atomic E-state index is 0.0572. The zero-order valence-corrected chi connectivity index (χ0v) is 19.2. The van der Waals surface area contributed by atoms with E-state index in [2.05, 4.69) is 36.1 Å².